The van der Waals surface area contributed by atoms with Gasteiger partial charge < -0.3 is 15.2 Å². The van der Waals surface area contributed by atoms with Crippen LogP contribution in [0.15, 0.2) is 66.7 Å². The molecule has 39 heavy (non-hydrogen) atoms. The zero-order chi connectivity index (χ0) is 28.1. The third kappa shape index (κ3) is 4.38. The van der Waals surface area contributed by atoms with Crippen molar-refractivity contribution in [2.45, 2.75) is 18.6 Å². The van der Waals surface area contributed by atoms with Crippen molar-refractivity contribution in [1.29, 1.82) is 0 Å². The molecule has 2 aliphatic rings. The lowest BCUT2D eigenvalue weighted by atomic mass is 9.75. The van der Waals surface area contributed by atoms with E-state index >= 15 is 0 Å². The van der Waals surface area contributed by atoms with Crippen molar-refractivity contribution in [3.05, 3.63) is 99.0 Å². The lowest BCUT2D eigenvalue weighted by Crippen LogP contribution is -2.53. The monoisotopic (exact) mass is 566 g/mol. The number of amides is 3. The predicted molar refractivity (Wildman–Crippen MR) is 141 cm³/mol. The number of ether oxygens (including phenoxy) is 1. The Balaban J connectivity index is 1.57. The molecule has 198 valence electrons. The van der Waals surface area contributed by atoms with Crippen LogP contribution in [0.2, 0.25) is 10.0 Å². The molecule has 1 spiro atoms. The fourth-order valence-electron chi connectivity index (χ4n) is 5.21. The number of carbonyl (C=O) groups excluding carboxylic acids is 4. The second kappa shape index (κ2) is 9.92. The molecule has 1 saturated heterocycles. The van der Waals surface area contributed by atoms with Crippen LogP contribution in [0.25, 0.3) is 0 Å². The van der Waals surface area contributed by atoms with Crippen LogP contribution >= 0.6 is 23.2 Å². The molecule has 3 unspecified atom stereocenters. The van der Waals surface area contributed by atoms with Crippen LogP contribution in [0.4, 0.5) is 10.5 Å². The zero-order valence-electron chi connectivity index (χ0n) is 20.2. The number of anilines is 1. The van der Waals surface area contributed by atoms with Crippen molar-refractivity contribution < 1.29 is 33.8 Å². The molecule has 3 aromatic rings. The van der Waals surface area contributed by atoms with Crippen molar-refractivity contribution >= 4 is 58.4 Å². The molecule has 0 saturated carbocycles. The number of aryl methyl sites for hydroxylation is 1. The van der Waals surface area contributed by atoms with Gasteiger partial charge in [-0.3, -0.25) is 24.5 Å². The predicted octanol–water partition coefficient (Wildman–Crippen LogP) is 4.86. The Morgan fingerprint density at radius 3 is 2.15 bits per heavy atom. The maximum absolute atomic E-state index is 13.6. The average molecular weight is 567 g/mol. The molecule has 11 heteroatoms. The lowest BCUT2D eigenvalue weighted by Gasteiger charge is -2.25. The van der Waals surface area contributed by atoms with Crippen LogP contribution in [0.3, 0.4) is 0 Å². The van der Waals surface area contributed by atoms with Crippen molar-refractivity contribution in [3.63, 3.8) is 0 Å². The molecule has 3 aromatic carbocycles. The van der Waals surface area contributed by atoms with E-state index in [9.17, 15) is 29.1 Å². The first-order valence-electron chi connectivity index (χ1n) is 11.8. The molecule has 3 amide bonds. The number of fused-ring (bicyclic) bond motifs is 1. The quantitative estimate of drug-likeness (QED) is 0.383. The minimum Gasteiger partial charge on any atom is -0.481 e. The van der Waals surface area contributed by atoms with E-state index < -0.39 is 53.0 Å². The number of ketones is 2. The average Bonchev–Trinajstić information content (AvgIpc) is 3.36. The number of benzene rings is 3. The van der Waals surface area contributed by atoms with Gasteiger partial charge in [0.1, 0.15) is 5.92 Å². The van der Waals surface area contributed by atoms with Crippen LogP contribution in [0.5, 0.6) is 0 Å². The normalized spacial score (nSPS) is 21.1. The molecule has 0 radical (unpaired) electrons. The maximum atomic E-state index is 13.6. The Bertz CT molecular complexity index is 1540. The summed E-state index contributed by atoms with van der Waals surface area (Å²) in [7, 11) is 0. The SMILES string of the molecule is Cc1cccc(NC(=O)NC(=O)C2C(c3ccc(Cl)c(Cl)c3)OC3(C(=O)c4ccccc4C3=O)C2C(=O)O)c1. The van der Waals surface area contributed by atoms with Crippen LogP contribution in [0, 0.1) is 18.8 Å². The van der Waals surface area contributed by atoms with Gasteiger partial charge >= 0.3 is 12.0 Å². The first kappa shape index (κ1) is 26.6. The van der Waals surface area contributed by atoms with Crippen LogP contribution in [0.1, 0.15) is 37.9 Å². The van der Waals surface area contributed by atoms with Gasteiger partial charge in [-0.15, -0.1) is 0 Å². The zero-order valence-corrected chi connectivity index (χ0v) is 21.7. The molecule has 1 aliphatic carbocycles. The Labute approximate surface area is 232 Å². The van der Waals surface area contributed by atoms with Gasteiger partial charge in [0, 0.05) is 16.8 Å². The van der Waals surface area contributed by atoms with Crippen LogP contribution in [-0.4, -0.2) is 40.2 Å². The van der Waals surface area contributed by atoms with E-state index in [1.807, 2.05) is 13.0 Å². The second-order valence-corrected chi connectivity index (χ2v) is 10.1. The number of carboxylic acids is 1. The van der Waals surface area contributed by atoms with E-state index in [1.165, 1.54) is 42.5 Å². The van der Waals surface area contributed by atoms with Crippen molar-refractivity contribution in [2.75, 3.05) is 5.32 Å². The fraction of sp³-hybridized carbons (Fsp3) is 0.179. The topological polar surface area (TPSA) is 139 Å². The summed E-state index contributed by atoms with van der Waals surface area (Å²) in [5.41, 5.74) is -1.11. The summed E-state index contributed by atoms with van der Waals surface area (Å²) in [6, 6.07) is 15.9. The number of carbonyl (C=O) groups is 5. The first-order chi connectivity index (χ1) is 18.5. The van der Waals surface area contributed by atoms with Gasteiger partial charge in [-0.1, -0.05) is 65.7 Å². The number of hydrogen-bond acceptors (Lipinski definition) is 6. The Kier molecular flexibility index (Phi) is 6.76. The molecule has 3 N–H and O–H groups in total. The molecule has 9 nitrogen and oxygen atoms in total. The summed E-state index contributed by atoms with van der Waals surface area (Å²) >= 11 is 12.2. The van der Waals surface area contributed by atoms with E-state index in [-0.39, 0.29) is 26.7 Å². The maximum Gasteiger partial charge on any atom is 0.325 e. The Morgan fingerprint density at radius 1 is 0.897 bits per heavy atom. The molecule has 1 heterocycles. The van der Waals surface area contributed by atoms with Crippen LogP contribution < -0.4 is 10.6 Å². The number of hydrogen-bond donors (Lipinski definition) is 3. The largest absolute Gasteiger partial charge is 0.481 e. The highest BCUT2D eigenvalue weighted by Crippen LogP contribution is 2.54. The summed E-state index contributed by atoms with van der Waals surface area (Å²) in [6.45, 7) is 1.82. The lowest BCUT2D eigenvalue weighted by molar-refractivity contribution is -0.148. The van der Waals surface area contributed by atoms with Crippen molar-refractivity contribution in [3.8, 4) is 0 Å². The Hall–Kier alpha value is -4.05. The summed E-state index contributed by atoms with van der Waals surface area (Å²) < 4.78 is 6.05. The summed E-state index contributed by atoms with van der Waals surface area (Å²) in [4.78, 5) is 66.3. The smallest absolute Gasteiger partial charge is 0.325 e. The molecule has 5 rings (SSSR count). The fourth-order valence-corrected chi connectivity index (χ4v) is 5.51. The second-order valence-electron chi connectivity index (χ2n) is 9.31. The van der Waals surface area contributed by atoms with E-state index in [0.717, 1.165) is 5.56 Å². The summed E-state index contributed by atoms with van der Waals surface area (Å²) in [6.07, 6.45) is -1.44. The van der Waals surface area contributed by atoms with Crippen molar-refractivity contribution in [1.82, 2.24) is 5.32 Å². The van der Waals surface area contributed by atoms with Gasteiger partial charge in [0.15, 0.2) is 0 Å². The molecule has 0 aromatic heterocycles. The number of nitrogens with one attached hydrogen (secondary N) is 2. The molecule has 3 atom stereocenters. The van der Waals surface area contributed by atoms with Crippen LogP contribution in [-0.2, 0) is 14.3 Å². The van der Waals surface area contributed by atoms with Gasteiger partial charge in [0.05, 0.1) is 22.1 Å². The minimum absolute atomic E-state index is 0.0140. The highest BCUT2D eigenvalue weighted by molar-refractivity contribution is 6.42. The molecule has 0 bridgehead atoms. The molecular formula is C28H20Cl2N2O7. The van der Waals surface area contributed by atoms with Gasteiger partial charge in [-0.25, -0.2) is 4.79 Å². The standard InChI is InChI=1S/C28H20Cl2N2O7/c1-13-5-4-6-15(11-13)31-27(38)32-25(35)20-21(26(36)37)28(23(33)16-7-2-3-8-17(16)24(28)34)39-22(20)14-9-10-18(29)19(30)12-14/h2-12,20-22H,1H3,(H,36,37)(H2,31,32,35,38). The molecular weight excluding hydrogens is 547 g/mol. The van der Waals surface area contributed by atoms with Gasteiger partial charge in [-0.2, -0.15) is 0 Å². The minimum atomic E-state index is -2.53. The highest BCUT2D eigenvalue weighted by Gasteiger charge is 2.71. The molecule has 1 aliphatic heterocycles. The van der Waals surface area contributed by atoms with Crippen molar-refractivity contribution in [2.24, 2.45) is 11.8 Å². The van der Waals surface area contributed by atoms with E-state index in [0.29, 0.717) is 5.69 Å². The number of Topliss-reactive ketones (excluding diaryl/α,β-unsaturated/α-hetero) is 2. The number of imide groups is 1. The summed E-state index contributed by atoms with van der Waals surface area (Å²) in [5.74, 6) is -8.06. The number of urea groups is 1. The molecule has 1 fully saturated rings. The third-order valence-electron chi connectivity index (χ3n) is 6.88. The highest BCUT2D eigenvalue weighted by atomic mass is 35.5. The first-order valence-corrected chi connectivity index (χ1v) is 12.5. The number of halogens is 2. The van der Waals surface area contributed by atoms with E-state index in [2.05, 4.69) is 10.6 Å². The van der Waals surface area contributed by atoms with E-state index in [4.69, 9.17) is 27.9 Å². The number of rotatable bonds is 4. The Morgan fingerprint density at radius 2 is 1.56 bits per heavy atom. The van der Waals surface area contributed by atoms with Gasteiger partial charge in [-0.05, 0) is 42.3 Å². The summed E-state index contributed by atoms with van der Waals surface area (Å²) in [5, 5.41) is 15.2. The van der Waals surface area contributed by atoms with Gasteiger partial charge in [0.25, 0.3) is 0 Å². The van der Waals surface area contributed by atoms with E-state index in [1.54, 1.807) is 18.2 Å². The number of aliphatic carboxylic acids is 1. The number of carboxylic acid groups (broad SMARTS) is 1. The van der Waals surface area contributed by atoms with Gasteiger partial charge in [0.2, 0.25) is 23.1 Å². The third-order valence-corrected chi connectivity index (χ3v) is 7.62.